The molecule has 0 spiro atoms. The normalized spacial score (nSPS) is 21.9. The molecule has 0 N–H and O–H groups in total. The summed E-state index contributed by atoms with van der Waals surface area (Å²) in [7, 11) is 1.31. The Morgan fingerprint density at radius 1 is 1.40 bits per heavy atom. The van der Waals surface area contributed by atoms with Crippen molar-refractivity contribution in [1.82, 2.24) is 4.90 Å². The van der Waals surface area contributed by atoms with Crippen molar-refractivity contribution in [3.8, 4) is 0 Å². The van der Waals surface area contributed by atoms with Crippen molar-refractivity contribution in [2.45, 2.75) is 6.92 Å². The fourth-order valence-electron chi connectivity index (χ4n) is 2.45. The van der Waals surface area contributed by atoms with Crippen LogP contribution in [0.25, 0.3) is 0 Å². The lowest BCUT2D eigenvalue weighted by Crippen LogP contribution is -2.31. The number of hydrogen-bond acceptors (Lipinski definition) is 3. The van der Waals surface area contributed by atoms with Crippen LogP contribution in [0.5, 0.6) is 0 Å². The first-order valence-corrected chi connectivity index (χ1v) is 6.64. The van der Waals surface area contributed by atoms with Gasteiger partial charge in [0, 0.05) is 13.1 Å². The first kappa shape index (κ1) is 14.8. The number of nitrogens with zero attached hydrogens (tertiary/aromatic N) is 1. The Hall–Kier alpha value is -1.62. The van der Waals surface area contributed by atoms with Crippen molar-refractivity contribution >= 4 is 23.5 Å². The third-order valence-electron chi connectivity index (χ3n) is 3.58. The molecule has 1 saturated heterocycles. The van der Waals surface area contributed by atoms with Crippen LogP contribution in [0.2, 0.25) is 5.02 Å². The fourth-order valence-corrected chi connectivity index (χ4v) is 2.69. The minimum atomic E-state index is -0.656. The minimum Gasteiger partial charge on any atom is -0.469 e. The molecular formula is C14H15ClFNO3. The van der Waals surface area contributed by atoms with Crippen LogP contribution in [-0.4, -0.2) is 37.0 Å². The van der Waals surface area contributed by atoms with Crippen LogP contribution in [0, 0.1) is 17.7 Å². The average Bonchev–Trinajstić information content (AvgIpc) is 2.79. The largest absolute Gasteiger partial charge is 0.469 e. The SMILES string of the molecule is COC(=O)C1CN(C(=O)c2c(F)cccc2Cl)CC1C. The van der Waals surface area contributed by atoms with Gasteiger partial charge in [0.15, 0.2) is 0 Å². The van der Waals surface area contributed by atoms with E-state index in [1.54, 1.807) is 0 Å². The van der Waals surface area contributed by atoms with Crippen LogP contribution < -0.4 is 0 Å². The number of amides is 1. The number of halogens is 2. The minimum absolute atomic E-state index is 0.0306. The van der Waals surface area contributed by atoms with E-state index in [9.17, 15) is 14.0 Å². The quantitative estimate of drug-likeness (QED) is 0.788. The lowest BCUT2D eigenvalue weighted by atomic mass is 9.99. The summed E-state index contributed by atoms with van der Waals surface area (Å²) in [4.78, 5) is 25.4. The molecule has 0 aliphatic carbocycles. The van der Waals surface area contributed by atoms with Gasteiger partial charge < -0.3 is 9.64 Å². The van der Waals surface area contributed by atoms with E-state index >= 15 is 0 Å². The van der Waals surface area contributed by atoms with Crippen LogP contribution in [0.1, 0.15) is 17.3 Å². The molecule has 0 bridgehead atoms. The lowest BCUT2D eigenvalue weighted by Gasteiger charge is -2.17. The molecular weight excluding hydrogens is 285 g/mol. The van der Waals surface area contributed by atoms with Gasteiger partial charge >= 0.3 is 5.97 Å². The number of rotatable bonds is 2. The molecule has 1 fully saturated rings. The Kier molecular flexibility index (Phi) is 4.28. The number of esters is 1. The molecule has 0 aromatic heterocycles. The zero-order valence-electron chi connectivity index (χ0n) is 11.2. The van der Waals surface area contributed by atoms with E-state index in [-0.39, 0.29) is 34.9 Å². The predicted molar refractivity (Wildman–Crippen MR) is 72.0 cm³/mol. The lowest BCUT2D eigenvalue weighted by molar-refractivity contribution is -0.146. The van der Waals surface area contributed by atoms with E-state index in [1.807, 2.05) is 6.92 Å². The maximum Gasteiger partial charge on any atom is 0.310 e. The van der Waals surface area contributed by atoms with Crippen molar-refractivity contribution in [1.29, 1.82) is 0 Å². The highest BCUT2D eigenvalue weighted by molar-refractivity contribution is 6.33. The van der Waals surface area contributed by atoms with Gasteiger partial charge in [0.1, 0.15) is 5.82 Å². The highest BCUT2D eigenvalue weighted by atomic mass is 35.5. The van der Waals surface area contributed by atoms with Gasteiger partial charge in [0.2, 0.25) is 0 Å². The van der Waals surface area contributed by atoms with Gasteiger partial charge in [0.05, 0.1) is 23.6 Å². The number of likely N-dealkylation sites (tertiary alicyclic amines) is 1. The molecule has 1 aromatic carbocycles. The smallest absolute Gasteiger partial charge is 0.310 e. The van der Waals surface area contributed by atoms with E-state index < -0.39 is 11.7 Å². The number of carbonyl (C=O) groups is 2. The maximum absolute atomic E-state index is 13.7. The van der Waals surface area contributed by atoms with Gasteiger partial charge in [-0.2, -0.15) is 0 Å². The van der Waals surface area contributed by atoms with Crippen LogP contribution in [0.3, 0.4) is 0 Å². The molecule has 4 nitrogen and oxygen atoms in total. The van der Waals surface area contributed by atoms with E-state index in [4.69, 9.17) is 16.3 Å². The summed E-state index contributed by atoms with van der Waals surface area (Å²) in [5.41, 5.74) is -0.146. The van der Waals surface area contributed by atoms with Gasteiger partial charge in [-0.05, 0) is 18.1 Å². The Morgan fingerprint density at radius 2 is 2.10 bits per heavy atom. The van der Waals surface area contributed by atoms with Crippen molar-refractivity contribution < 1.29 is 18.7 Å². The third kappa shape index (κ3) is 2.63. The van der Waals surface area contributed by atoms with Crippen LogP contribution >= 0.6 is 11.6 Å². The van der Waals surface area contributed by atoms with E-state index in [0.717, 1.165) is 0 Å². The molecule has 1 amide bonds. The van der Waals surface area contributed by atoms with Crippen molar-refractivity contribution in [2.75, 3.05) is 20.2 Å². The van der Waals surface area contributed by atoms with E-state index in [0.29, 0.717) is 6.54 Å². The van der Waals surface area contributed by atoms with Crippen LogP contribution in [0.4, 0.5) is 4.39 Å². The molecule has 0 saturated carbocycles. The standard InChI is InChI=1S/C14H15ClFNO3/c1-8-6-17(7-9(8)14(19)20-2)13(18)12-10(15)4-3-5-11(12)16/h3-5,8-9H,6-7H2,1-2H3. The summed E-state index contributed by atoms with van der Waals surface area (Å²) in [5.74, 6) is -1.91. The number of carbonyl (C=O) groups excluding carboxylic acids is 2. The second-order valence-electron chi connectivity index (χ2n) is 4.91. The van der Waals surface area contributed by atoms with Crippen LogP contribution in [0.15, 0.2) is 18.2 Å². The Bertz CT molecular complexity index is 529. The van der Waals surface area contributed by atoms with E-state index in [2.05, 4.69) is 0 Å². The molecule has 1 aromatic rings. The highest BCUT2D eigenvalue weighted by Gasteiger charge is 2.38. The zero-order chi connectivity index (χ0) is 14.9. The zero-order valence-corrected chi connectivity index (χ0v) is 12.0. The second-order valence-corrected chi connectivity index (χ2v) is 5.32. The molecule has 0 radical (unpaired) electrons. The van der Waals surface area contributed by atoms with Gasteiger partial charge in [-0.25, -0.2) is 4.39 Å². The van der Waals surface area contributed by atoms with E-state index in [1.165, 1.54) is 30.2 Å². The molecule has 1 aliphatic heterocycles. The van der Waals surface area contributed by atoms with Gasteiger partial charge in [-0.1, -0.05) is 24.6 Å². The summed E-state index contributed by atoms with van der Waals surface area (Å²) in [6.45, 7) is 2.46. The predicted octanol–water partition coefficient (Wildman–Crippen LogP) is 2.36. The first-order chi connectivity index (χ1) is 9.45. The van der Waals surface area contributed by atoms with Gasteiger partial charge in [0.25, 0.3) is 5.91 Å². The highest BCUT2D eigenvalue weighted by Crippen LogP contribution is 2.28. The monoisotopic (exact) mass is 299 g/mol. The fraction of sp³-hybridized carbons (Fsp3) is 0.429. The Balaban J connectivity index is 2.22. The van der Waals surface area contributed by atoms with Crippen molar-refractivity contribution in [2.24, 2.45) is 11.8 Å². The summed E-state index contributed by atoms with van der Waals surface area (Å²) < 4.78 is 18.5. The number of methoxy groups -OCH3 is 1. The molecule has 20 heavy (non-hydrogen) atoms. The average molecular weight is 300 g/mol. The summed E-state index contributed by atoms with van der Waals surface area (Å²) >= 11 is 5.89. The molecule has 1 heterocycles. The number of ether oxygens (including phenoxy) is 1. The Morgan fingerprint density at radius 3 is 2.70 bits per heavy atom. The van der Waals surface area contributed by atoms with Crippen molar-refractivity contribution in [3.05, 3.63) is 34.6 Å². The second kappa shape index (κ2) is 5.79. The molecule has 2 rings (SSSR count). The molecule has 2 atom stereocenters. The maximum atomic E-state index is 13.7. The number of hydrogen-bond donors (Lipinski definition) is 0. The third-order valence-corrected chi connectivity index (χ3v) is 3.90. The molecule has 6 heteroatoms. The Labute approximate surface area is 121 Å². The topological polar surface area (TPSA) is 46.6 Å². The van der Waals surface area contributed by atoms with Crippen LogP contribution in [-0.2, 0) is 9.53 Å². The molecule has 108 valence electrons. The molecule has 2 unspecified atom stereocenters. The summed E-state index contributed by atoms with van der Waals surface area (Å²) in [6, 6.07) is 4.10. The first-order valence-electron chi connectivity index (χ1n) is 6.26. The van der Waals surface area contributed by atoms with Gasteiger partial charge in [-0.3, -0.25) is 9.59 Å². The summed E-state index contributed by atoms with van der Waals surface area (Å²) in [6.07, 6.45) is 0. The molecule has 1 aliphatic rings. The van der Waals surface area contributed by atoms with Gasteiger partial charge in [-0.15, -0.1) is 0 Å². The number of benzene rings is 1. The summed E-state index contributed by atoms with van der Waals surface area (Å²) in [5, 5.41) is 0.0733. The van der Waals surface area contributed by atoms with Crippen molar-refractivity contribution in [3.63, 3.8) is 0 Å².